The minimum Gasteiger partial charge on any atom is -0.340 e. The summed E-state index contributed by atoms with van der Waals surface area (Å²) in [4.78, 5) is 22.5. The lowest BCUT2D eigenvalue weighted by Crippen LogP contribution is -2.30. The molecule has 1 unspecified atom stereocenters. The van der Waals surface area contributed by atoms with Crippen LogP contribution < -0.4 is 5.32 Å². The molecule has 1 aliphatic rings. The summed E-state index contributed by atoms with van der Waals surface area (Å²) in [6, 6.07) is 17.1. The molecule has 3 aromatic heterocycles. The first-order chi connectivity index (χ1) is 14.2. The Morgan fingerprint density at radius 3 is 2.66 bits per heavy atom. The van der Waals surface area contributed by atoms with Crippen molar-refractivity contribution in [1.29, 1.82) is 0 Å². The maximum absolute atomic E-state index is 13.4. The largest absolute Gasteiger partial charge is 0.340 e. The molecule has 6 nitrogen and oxygen atoms in total. The number of aryl methyl sites for hydroxylation is 1. The van der Waals surface area contributed by atoms with E-state index in [0.717, 1.165) is 29.8 Å². The van der Waals surface area contributed by atoms with Gasteiger partial charge in [-0.1, -0.05) is 41.6 Å². The number of carbonyl (C=O) groups is 1. The predicted octanol–water partition coefficient (Wildman–Crippen LogP) is 4.32. The van der Waals surface area contributed by atoms with Gasteiger partial charge >= 0.3 is 0 Å². The third kappa shape index (κ3) is 3.38. The highest BCUT2D eigenvalue weighted by Gasteiger charge is 2.29. The van der Waals surface area contributed by atoms with Gasteiger partial charge in [0.1, 0.15) is 0 Å². The number of rotatable bonds is 5. The molecule has 0 bridgehead atoms. The quantitative estimate of drug-likeness (QED) is 0.554. The molecule has 1 aliphatic carbocycles. The summed E-state index contributed by atoms with van der Waals surface area (Å²) >= 11 is 0. The van der Waals surface area contributed by atoms with Gasteiger partial charge in [0.15, 0.2) is 0 Å². The number of hydrogen-bond donors (Lipinski definition) is 1. The van der Waals surface area contributed by atoms with Crippen LogP contribution in [0.1, 0.15) is 57.8 Å². The average Bonchev–Trinajstić information content (AvgIpc) is 3.56. The van der Waals surface area contributed by atoms with Crippen LogP contribution in [0.25, 0.3) is 11.1 Å². The number of amides is 1. The molecule has 4 aromatic rings. The summed E-state index contributed by atoms with van der Waals surface area (Å²) in [7, 11) is 0. The molecule has 1 aromatic carbocycles. The van der Waals surface area contributed by atoms with Gasteiger partial charge in [0.25, 0.3) is 11.6 Å². The van der Waals surface area contributed by atoms with Crippen molar-refractivity contribution in [3.05, 3.63) is 89.0 Å². The number of benzene rings is 1. The number of nitrogens with zero attached hydrogens (tertiary/aromatic N) is 3. The van der Waals surface area contributed by atoms with Crippen LogP contribution in [0.2, 0.25) is 0 Å². The Bertz CT molecular complexity index is 1130. The number of nitrogens with one attached hydrogen (secondary N) is 1. The van der Waals surface area contributed by atoms with Crippen molar-refractivity contribution >= 4 is 17.0 Å². The maximum atomic E-state index is 13.4. The predicted molar refractivity (Wildman–Crippen MR) is 109 cm³/mol. The van der Waals surface area contributed by atoms with Crippen LogP contribution in [0.15, 0.2) is 65.3 Å². The highest BCUT2D eigenvalue weighted by Crippen LogP contribution is 2.40. The van der Waals surface area contributed by atoms with E-state index in [1.54, 1.807) is 6.20 Å². The zero-order valence-electron chi connectivity index (χ0n) is 16.0. The van der Waals surface area contributed by atoms with Crippen LogP contribution in [-0.4, -0.2) is 21.0 Å². The van der Waals surface area contributed by atoms with Gasteiger partial charge in [0.2, 0.25) is 0 Å². The molecule has 0 radical (unpaired) electrons. The molecule has 0 aliphatic heterocycles. The third-order valence-electron chi connectivity index (χ3n) is 5.27. The summed E-state index contributed by atoms with van der Waals surface area (Å²) < 4.78 is 5.38. The van der Waals surface area contributed by atoms with Crippen molar-refractivity contribution in [2.45, 2.75) is 31.7 Å². The third-order valence-corrected chi connectivity index (χ3v) is 5.27. The summed E-state index contributed by atoms with van der Waals surface area (Å²) in [5.74, 6) is 0.210. The fourth-order valence-electron chi connectivity index (χ4n) is 3.61. The van der Waals surface area contributed by atoms with Gasteiger partial charge in [-0.2, -0.15) is 0 Å². The molecule has 0 saturated heterocycles. The van der Waals surface area contributed by atoms with Crippen molar-refractivity contribution in [1.82, 2.24) is 20.4 Å². The highest BCUT2D eigenvalue weighted by molar-refractivity contribution is 6.06. The number of fused-ring (bicyclic) bond motifs is 1. The Kier molecular flexibility index (Phi) is 4.31. The molecule has 1 fully saturated rings. The van der Waals surface area contributed by atoms with Crippen LogP contribution >= 0.6 is 0 Å². The molecular weight excluding hydrogens is 364 g/mol. The lowest BCUT2D eigenvalue weighted by Gasteiger charge is -2.19. The molecule has 6 heteroatoms. The van der Waals surface area contributed by atoms with Crippen molar-refractivity contribution < 1.29 is 9.32 Å². The van der Waals surface area contributed by atoms with E-state index in [1.165, 1.54) is 0 Å². The van der Waals surface area contributed by atoms with Crippen LogP contribution in [0.3, 0.4) is 0 Å². The first kappa shape index (κ1) is 17.6. The summed E-state index contributed by atoms with van der Waals surface area (Å²) in [5, 5.41) is 7.85. The smallest absolute Gasteiger partial charge is 0.259 e. The van der Waals surface area contributed by atoms with Gasteiger partial charge in [-0.25, -0.2) is 4.98 Å². The number of aromatic nitrogens is 3. The standard InChI is InChI=1S/C23H20N4O2/c1-14-20-17(13-19(15-10-11-15)25-23(20)29-27-14)22(28)26-21(16-7-3-2-4-8-16)18-9-5-6-12-24-18/h2-9,12-13,15,21H,10-11H2,1H3,(H,26,28). The van der Waals surface area contributed by atoms with Crippen molar-refractivity contribution in [3.8, 4) is 0 Å². The minimum absolute atomic E-state index is 0.190. The Labute approximate surface area is 168 Å². The topological polar surface area (TPSA) is 80.9 Å². The summed E-state index contributed by atoms with van der Waals surface area (Å²) in [6.07, 6.45) is 3.91. The minimum atomic E-state index is -0.363. The van der Waals surface area contributed by atoms with Crippen molar-refractivity contribution in [3.63, 3.8) is 0 Å². The Morgan fingerprint density at radius 1 is 1.14 bits per heavy atom. The zero-order valence-corrected chi connectivity index (χ0v) is 16.0. The molecule has 144 valence electrons. The SMILES string of the molecule is Cc1noc2nc(C3CC3)cc(C(=O)NC(c3ccccc3)c3ccccn3)c12. The van der Waals surface area contributed by atoms with E-state index in [0.29, 0.717) is 28.3 Å². The monoisotopic (exact) mass is 384 g/mol. The van der Waals surface area contributed by atoms with E-state index in [2.05, 4.69) is 20.4 Å². The second-order valence-electron chi connectivity index (χ2n) is 7.39. The van der Waals surface area contributed by atoms with E-state index in [9.17, 15) is 4.79 Å². The molecule has 5 rings (SSSR count). The van der Waals surface area contributed by atoms with Gasteiger partial charge in [-0.05, 0) is 43.5 Å². The van der Waals surface area contributed by atoms with E-state index in [-0.39, 0.29) is 11.9 Å². The number of pyridine rings is 2. The maximum Gasteiger partial charge on any atom is 0.259 e. The first-order valence-corrected chi connectivity index (χ1v) is 9.74. The molecule has 1 amide bonds. The van der Waals surface area contributed by atoms with Crippen molar-refractivity contribution in [2.75, 3.05) is 0 Å². The average molecular weight is 384 g/mol. The van der Waals surface area contributed by atoms with Gasteiger partial charge in [-0.3, -0.25) is 9.78 Å². The Hall–Kier alpha value is -3.54. The summed E-state index contributed by atoms with van der Waals surface area (Å²) in [5.41, 5.74) is 4.27. The Morgan fingerprint density at radius 2 is 1.93 bits per heavy atom. The van der Waals surface area contributed by atoms with Crippen LogP contribution in [-0.2, 0) is 0 Å². The highest BCUT2D eigenvalue weighted by atomic mass is 16.5. The molecule has 1 saturated carbocycles. The zero-order chi connectivity index (χ0) is 19.8. The van der Waals surface area contributed by atoms with E-state index in [1.807, 2.05) is 61.5 Å². The molecular formula is C23H20N4O2. The lowest BCUT2D eigenvalue weighted by atomic mass is 10.0. The Balaban J connectivity index is 1.56. The fourth-order valence-corrected chi connectivity index (χ4v) is 3.61. The number of carbonyl (C=O) groups excluding carboxylic acids is 1. The van der Waals surface area contributed by atoms with Gasteiger partial charge in [0.05, 0.1) is 28.4 Å². The van der Waals surface area contributed by atoms with E-state index >= 15 is 0 Å². The fraction of sp³-hybridized carbons (Fsp3) is 0.217. The van der Waals surface area contributed by atoms with Crippen LogP contribution in [0, 0.1) is 6.92 Å². The van der Waals surface area contributed by atoms with Crippen LogP contribution in [0.4, 0.5) is 0 Å². The second kappa shape index (κ2) is 7.13. The molecule has 0 spiro atoms. The van der Waals surface area contributed by atoms with Gasteiger partial charge in [-0.15, -0.1) is 0 Å². The van der Waals surface area contributed by atoms with Gasteiger partial charge < -0.3 is 9.84 Å². The van der Waals surface area contributed by atoms with E-state index < -0.39 is 0 Å². The molecule has 29 heavy (non-hydrogen) atoms. The first-order valence-electron chi connectivity index (χ1n) is 9.74. The molecule has 3 heterocycles. The lowest BCUT2D eigenvalue weighted by molar-refractivity contribution is 0.0943. The van der Waals surface area contributed by atoms with E-state index in [4.69, 9.17) is 4.52 Å². The molecule has 1 N–H and O–H groups in total. The van der Waals surface area contributed by atoms with Crippen LogP contribution in [0.5, 0.6) is 0 Å². The normalized spacial score (nSPS) is 14.7. The second-order valence-corrected chi connectivity index (χ2v) is 7.39. The summed E-state index contributed by atoms with van der Waals surface area (Å²) in [6.45, 7) is 1.83. The van der Waals surface area contributed by atoms with Crippen molar-refractivity contribution in [2.24, 2.45) is 0 Å². The van der Waals surface area contributed by atoms with Gasteiger partial charge in [0, 0.05) is 17.8 Å². The molecule has 1 atom stereocenters. The number of hydrogen-bond acceptors (Lipinski definition) is 5.